The molecule has 0 radical (unpaired) electrons. The predicted molar refractivity (Wildman–Crippen MR) is 95.6 cm³/mol. The maximum Gasteiger partial charge on any atom is 0.222 e. The van der Waals surface area contributed by atoms with Crippen LogP contribution >= 0.6 is 0 Å². The second-order valence-corrected chi connectivity index (χ2v) is 8.63. The maximum absolute atomic E-state index is 12.1. The molecule has 0 unspecified atom stereocenters. The third kappa shape index (κ3) is 4.13. The molecule has 3 rings (SSSR count). The molecule has 0 aromatic carbocycles. The summed E-state index contributed by atoms with van der Waals surface area (Å²) in [5.41, 5.74) is 3.70. The molecule has 0 fully saturated rings. The Bertz CT molecular complexity index is 915. The van der Waals surface area contributed by atoms with E-state index in [9.17, 15) is 13.2 Å². The van der Waals surface area contributed by atoms with E-state index < -0.39 is 10.0 Å². The van der Waals surface area contributed by atoms with E-state index in [0.717, 1.165) is 22.5 Å². The van der Waals surface area contributed by atoms with Crippen molar-refractivity contribution in [2.75, 3.05) is 12.8 Å². The Balaban J connectivity index is 1.61. The summed E-state index contributed by atoms with van der Waals surface area (Å²) >= 11 is 0. The second-order valence-electron chi connectivity index (χ2n) is 6.65. The summed E-state index contributed by atoms with van der Waals surface area (Å²) in [6.07, 6.45) is 5.81. The highest BCUT2D eigenvalue weighted by Gasteiger charge is 2.28. The van der Waals surface area contributed by atoms with Crippen LogP contribution in [0.3, 0.4) is 0 Å². The molecule has 1 N–H and O–H groups in total. The molecule has 0 bridgehead atoms. The first kappa shape index (κ1) is 18.6. The molecule has 0 saturated carbocycles. The Labute approximate surface area is 153 Å². The highest BCUT2D eigenvalue weighted by atomic mass is 32.2. The van der Waals surface area contributed by atoms with Crippen LogP contribution in [0.2, 0.25) is 0 Å². The molecule has 1 aliphatic heterocycles. The Morgan fingerprint density at radius 2 is 2.15 bits per heavy atom. The molecule has 0 atom stereocenters. The van der Waals surface area contributed by atoms with Crippen molar-refractivity contribution in [3.05, 3.63) is 34.9 Å². The van der Waals surface area contributed by atoms with Crippen molar-refractivity contribution in [3.63, 3.8) is 0 Å². The molecule has 2 aromatic heterocycles. The monoisotopic (exact) mass is 380 g/mol. The smallest absolute Gasteiger partial charge is 0.222 e. The number of carbonyl (C=O) groups is 1. The number of amides is 1. The van der Waals surface area contributed by atoms with Gasteiger partial charge in [-0.1, -0.05) is 0 Å². The van der Waals surface area contributed by atoms with Crippen LogP contribution in [0.1, 0.15) is 28.9 Å². The average Bonchev–Trinajstić information content (AvgIpc) is 3.13. The molecule has 26 heavy (non-hydrogen) atoms. The van der Waals surface area contributed by atoms with Gasteiger partial charge in [-0.05, 0) is 12.5 Å². The standard InChI is InChI=1S/C16H24N6O3S/c1-12-8-18-21(10-12)6-5-16(23)17-9-14-13-11-22(26(3,24)25)7-4-15(13)20(2)19-14/h8,10H,4-7,9,11H2,1-3H3,(H,17,23). The Morgan fingerprint density at radius 3 is 2.81 bits per heavy atom. The van der Waals surface area contributed by atoms with Crippen LogP contribution in [0, 0.1) is 6.92 Å². The van der Waals surface area contributed by atoms with E-state index in [1.807, 2.05) is 20.2 Å². The van der Waals surface area contributed by atoms with Crippen LogP contribution in [0.4, 0.5) is 0 Å². The molecular weight excluding hydrogens is 356 g/mol. The largest absolute Gasteiger partial charge is 0.350 e. The van der Waals surface area contributed by atoms with E-state index in [0.29, 0.717) is 32.5 Å². The van der Waals surface area contributed by atoms with Crippen molar-refractivity contribution >= 4 is 15.9 Å². The number of nitrogens with zero attached hydrogens (tertiary/aromatic N) is 5. The van der Waals surface area contributed by atoms with Gasteiger partial charge in [0.1, 0.15) is 0 Å². The summed E-state index contributed by atoms with van der Waals surface area (Å²) in [6.45, 7) is 3.52. The number of carbonyl (C=O) groups excluding carboxylic acids is 1. The Morgan fingerprint density at radius 1 is 1.38 bits per heavy atom. The van der Waals surface area contributed by atoms with Crippen molar-refractivity contribution in [1.82, 2.24) is 29.2 Å². The number of aromatic nitrogens is 4. The zero-order valence-corrected chi connectivity index (χ0v) is 16.1. The maximum atomic E-state index is 12.1. The van der Waals surface area contributed by atoms with Gasteiger partial charge in [0.2, 0.25) is 15.9 Å². The van der Waals surface area contributed by atoms with Crippen molar-refractivity contribution in [3.8, 4) is 0 Å². The molecule has 9 nitrogen and oxygen atoms in total. The van der Waals surface area contributed by atoms with Gasteiger partial charge < -0.3 is 5.32 Å². The lowest BCUT2D eigenvalue weighted by molar-refractivity contribution is -0.121. The molecular formula is C16H24N6O3S. The summed E-state index contributed by atoms with van der Waals surface area (Å²) in [6, 6.07) is 0. The molecule has 0 saturated heterocycles. The fourth-order valence-electron chi connectivity index (χ4n) is 3.15. The number of hydrogen-bond donors (Lipinski definition) is 1. The van der Waals surface area contributed by atoms with Crippen LogP contribution in [-0.4, -0.2) is 51.0 Å². The van der Waals surface area contributed by atoms with Gasteiger partial charge in [-0.3, -0.25) is 14.2 Å². The lowest BCUT2D eigenvalue weighted by atomic mass is 10.1. The number of sulfonamides is 1. The van der Waals surface area contributed by atoms with E-state index in [4.69, 9.17) is 0 Å². The fourth-order valence-corrected chi connectivity index (χ4v) is 3.93. The number of rotatable bonds is 6. The molecule has 3 heterocycles. The van der Waals surface area contributed by atoms with Gasteiger partial charge in [-0.2, -0.15) is 14.5 Å². The number of nitrogens with one attached hydrogen (secondary N) is 1. The molecule has 0 aliphatic carbocycles. The lowest BCUT2D eigenvalue weighted by Gasteiger charge is -2.25. The van der Waals surface area contributed by atoms with E-state index in [1.165, 1.54) is 10.6 Å². The average molecular weight is 380 g/mol. The third-order valence-electron chi connectivity index (χ3n) is 4.54. The number of aryl methyl sites for hydroxylation is 3. The van der Waals surface area contributed by atoms with Crippen LogP contribution in [-0.2, 0) is 47.9 Å². The van der Waals surface area contributed by atoms with Gasteiger partial charge in [-0.15, -0.1) is 0 Å². The van der Waals surface area contributed by atoms with Crippen molar-refractivity contribution in [2.24, 2.45) is 7.05 Å². The van der Waals surface area contributed by atoms with Gasteiger partial charge in [0, 0.05) is 57.0 Å². The Kier molecular flexibility index (Phi) is 5.15. The van der Waals surface area contributed by atoms with Crippen LogP contribution in [0.15, 0.2) is 12.4 Å². The highest BCUT2D eigenvalue weighted by Crippen LogP contribution is 2.23. The summed E-state index contributed by atoms with van der Waals surface area (Å²) in [5, 5.41) is 11.5. The van der Waals surface area contributed by atoms with Crippen LogP contribution < -0.4 is 5.32 Å². The van der Waals surface area contributed by atoms with Gasteiger partial charge in [0.15, 0.2) is 0 Å². The minimum absolute atomic E-state index is 0.0895. The molecule has 1 aliphatic rings. The number of hydrogen-bond acceptors (Lipinski definition) is 5. The zero-order valence-electron chi connectivity index (χ0n) is 15.3. The quantitative estimate of drug-likeness (QED) is 0.757. The SMILES string of the molecule is Cc1cnn(CCC(=O)NCc2nn(C)c3c2CN(S(C)(=O)=O)CC3)c1. The first-order valence-electron chi connectivity index (χ1n) is 8.48. The fraction of sp³-hybridized carbons (Fsp3) is 0.562. The summed E-state index contributed by atoms with van der Waals surface area (Å²) in [4.78, 5) is 12.1. The van der Waals surface area contributed by atoms with Crippen molar-refractivity contribution < 1.29 is 13.2 Å². The summed E-state index contributed by atoms with van der Waals surface area (Å²) in [5.74, 6) is -0.0895. The van der Waals surface area contributed by atoms with Gasteiger partial charge in [-0.25, -0.2) is 8.42 Å². The van der Waals surface area contributed by atoms with Crippen molar-refractivity contribution in [2.45, 2.75) is 39.4 Å². The summed E-state index contributed by atoms with van der Waals surface area (Å²) < 4.78 is 28.6. The molecule has 0 spiro atoms. The molecule has 2 aromatic rings. The number of fused-ring (bicyclic) bond motifs is 1. The lowest BCUT2D eigenvalue weighted by Crippen LogP contribution is -2.36. The topological polar surface area (TPSA) is 102 Å². The summed E-state index contributed by atoms with van der Waals surface area (Å²) in [7, 11) is -1.40. The van der Waals surface area contributed by atoms with Gasteiger partial charge >= 0.3 is 0 Å². The van der Waals surface area contributed by atoms with Gasteiger partial charge in [0.25, 0.3) is 0 Å². The minimum atomic E-state index is -3.25. The first-order valence-corrected chi connectivity index (χ1v) is 10.3. The van der Waals surface area contributed by atoms with E-state index in [2.05, 4.69) is 15.5 Å². The van der Waals surface area contributed by atoms with Crippen LogP contribution in [0.5, 0.6) is 0 Å². The predicted octanol–water partition coefficient (Wildman–Crippen LogP) is -0.0508. The van der Waals surface area contributed by atoms with Crippen LogP contribution in [0.25, 0.3) is 0 Å². The highest BCUT2D eigenvalue weighted by molar-refractivity contribution is 7.88. The van der Waals surface area contributed by atoms with E-state index in [1.54, 1.807) is 15.6 Å². The third-order valence-corrected chi connectivity index (χ3v) is 5.79. The van der Waals surface area contributed by atoms with E-state index in [-0.39, 0.29) is 12.5 Å². The molecule has 10 heteroatoms. The zero-order chi connectivity index (χ0) is 18.9. The van der Waals surface area contributed by atoms with Crippen molar-refractivity contribution in [1.29, 1.82) is 0 Å². The molecule has 142 valence electrons. The normalized spacial score (nSPS) is 15.0. The Hall–Kier alpha value is -2.20. The molecule has 1 amide bonds. The minimum Gasteiger partial charge on any atom is -0.350 e. The van der Waals surface area contributed by atoms with Gasteiger partial charge in [0.05, 0.1) is 24.7 Å². The second kappa shape index (κ2) is 7.20. The first-order chi connectivity index (χ1) is 12.2. The van der Waals surface area contributed by atoms with E-state index >= 15 is 0 Å².